The van der Waals surface area contributed by atoms with Gasteiger partial charge < -0.3 is 10.2 Å². The average Bonchev–Trinajstić information content (AvgIpc) is 3.03. The first-order valence-electron chi connectivity index (χ1n) is 7.46. The third-order valence-electron chi connectivity index (χ3n) is 2.66. The summed E-state index contributed by atoms with van der Waals surface area (Å²) in [6.07, 6.45) is 4.30. The molecule has 1 rings (SSSR count). The molecular formula is C15H22N4O2S3. The Hall–Kier alpha value is -1.32. The fraction of sp³-hybridized carbons (Fsp3) is 0.467. The van der Waals surface area contributed by atoms with Crippen LogP contribution in [0, 0.1) is 0 Å². The van der Waals surface area contributed by atoms with Crippen LogP contribution in [0.15, 0.2) is 34.0 Å². The van der Waals surface area contributed by atoms with E-state index in [1.807, 2.05) is 6.92 Å². The summed E-state index contributed by atoms with van der Waals surface area (Å²) >= 11 is 4.09. The van der Waals surface area contributed by atoms with Gasteiger partial charge in [0.1, 0.15) is 0 Å². The normalized spacial score (nSPS) is 10.2. The van der Waals surface area contributed by atoms with E-state index in [9.17, 15) is 9.59 Å². The van der Waals surface area contributed by atoms with Gasteiger partial charge in [-0.3, -0.25) is 9.59 Å². The van der Waals surface area contributed by atoms with Crippen LogP contribution in [0.2, 0.25) is 0 Å². The Labute approximate surface area is 155 Å². The third kappa shape index (κ3) is 7.98. The number of amides is 2. The number of carbonyl (C=O) groups excluding carboxylic acids is 2. The first kappa shape index (κ1) is 20.7. The smallest absolute Gasteiger partial charge is 0.233 e. The molecule has 0 bridgehead atoms. The first-order valence-corrected chi connectivity index (χ1v) is 10.2. The van der Waals surface area contributed by atoms with Crippen LogP contribution in [-0.4, -0.2) is 58.1 Å². The molecule has 1 aromatic heterocycles. The summed E-state index contributed by atoms with van der Waals surface area (Å²) in [6, 6.07) is 0. The van der Waals surface area contributed by atoms with Crippen LogP contribution in [-0.2, 0) is 9.59 Å². The van der Waals surface area contributed by atoms with E-state index < -0.39 is 0 Å². The predicted molar refractivity (Wildman–Crippen MR) is 102 cm³/mol. The fourth-order valence-electron chi connectivity index (χ4n) is 1.56. The monoisotopic (exact) mass is 386 g/mol. The second kappa shape index (κ2) is 12.1. The lowest BCUT2D eigenvalue weighted by Gasteiger charge is -2.18. The van der Waals surface area contributed by atoms with Crippen molar-refractivity contribution in [1.82, 2.24) is 20.4 Å². The molecule has 2 amide bonds. The molecule has 0 aliphatic heterocycles. The molecule has 0 aliphatic rings. The summed E-state index contributed by atoms with van der Waals surface area (Å²) in [5.41, 5.74) is 0. The molecule has 0 saturated heterocycles. The molecule has 0 spiro atoms. The van der Waals surface area contributed by atoms with Gasteiger partial charge in [-0.1, -0.05) is 53.9 Å². The number of carbonyl (C=O) groups is 2. The summed E-state index contributed by atoms with van der Waals surface area (Å²) < 4.78 is 1.45. The molecule has 0 aliphatic carbocycles. The van der Waals surface area contributed by atoms with Crippen molar-refractivity contribution in [2.24, 2.45) is 0 Å². The van der Waals surface area contributed by atoms with Gasteiger partial charge in [-0.05, 0) is 6.42 Å². The summed E-state index contributed by atoms with van der Waals surface area (Å²) in [7, 11) is 0. The second-order valence-electron chi connectivity index (χ2n) is 4.64. The lowest BCUT2D eigenvalue weighted by molar-refractivity contribution is -0.127. The zero-order valence-electron chi connectivity index (χ0n) is 13.7. The SMILES string of the molecule is C=CCN(CC=C)C(=O)CSc1nnc(SCC(=O)NCCC)s1. The Balaban J connectivity index is 2.40. The third-order valence-corrected chi connectivity index (χ3v) is 5.83. The fourth-order valence-corrected chi connectivity index (χ4v) is 4.31. The maximum absolute atomic E-state index is 12.1. The number of hydrogen-bond acceptors (Lipinski definition) is 7. The lowest BCUT2D eigenvalue weighted by Crippen LogP contribution is -2.32. The van der Waals surface area contributed by atoms with E-state index in [1.54, 1.807) is 17.1 Å². The molecular weight excluding hydrogens is 364 g/mol. The van der Waals surface area contributed by atoms with Crippen molar-refractivity contribution in [3.8, 4) is 0 Å². The van der Waals surface area contributed by atoms with Crippen molar-refractivity contribution in [3.05, 3.63) is 25.3 Å². The van der Waals surface area contributed by atoms with Crippen LogP contribution in [0.1, 0.15) is 13.3 Å². The van der Waals surface area contributed by atoms with Gasteiger partial charge in [0.2, 0.25) is 11.8 Å². The van der Waals surface area contributed by atoms with E-state index in [1.165, 1.54) is 34.9 Å². The summed E-state index contributed by atoms with van der Waals surface area (Å²) in [6.45, 7) is 11.0. The van der Waals surface area contributed by atoms with Crippen molar-refractivity contribution in [3.63, 3.8) is 0 Å². The van der Waals surface area contributed by atoms with Gasteiger partial charge in [0, 0.05) is 19.6 Å². The lowest BCUT2D eigenvalue weighted by atomic mass is 10.4. The van der Waals surface area contributed by atoms with Gasteiger partial charge in [-0.15, -0.1) is 23.4 Å². The zero-order valence-corrected chi connectivity index (χ0v) is 16.1. The number of hydrogen-bond donors (Lipinski definition) is 1. The van der Waals surface area contributed by atoms with Gasteiger partial charge in [-0.25, -0.2) is 0 Å². The van der Waals surface area contributed by atoms with Crippen LogP contribution in [0.25, 0.3) is 0 Å². The van der Waals surface area contributed by atoms with Gasteiger partial charge in [0.15, 0.2) is 8.68 Å². The maximum Gasteiger partial charge on any atom is 0.233 e. The van der Waals surface area contributed by atoms with Gasteiger partial charge in [0.25, 0.3) is 0 Å². The minimum Gasteiger partial charge on any atom is -0.355 e. The Morgan fingerprint density at radius 3 is 2.29 bits per heavy atom. The minimum absolute atomic E-state index is 0.00291. The molecule has 0 atom stereocenters. The molecule has 0 unspecified atom stereocenters. The summed E-state index contributed by atoms with van der Waals surface area (Å²) in [5.74, 6) is 0.608. The zero-order chi connectivity index (χ0) is 17.8. The van der Waals surface area contributed by atoms with Crippen molar-refractivity contribution >= 4 is 46.7 Å². The molecule has 9 heteroatoms. The molecule has 1 aromatic rings. The highest BCUT2D eigenvalue weighted by Crippen LogP contribution is 2.28. The van der Waals surface area contributed by atoms with Gasteiger partial charge in [-0.2, -0.15) is 0 Å². The van der Waals surface area contributed by atoms with Crippen molar-refractivity contribution in [2.45, 2.75) is 22.0 Å². The molecule has 0 aromatic carbocycles. The maximum atomic E-state index is 12.1. The highest BCUT2D eigenvalue weighted by Gasteiger charge is 2.14. The van der Waals surface area contributed by atoms with Crippen molar-refractivity contribution < 1.29 is 9.59 Å². The van der Waals surface area contributed by atoms with Crippen molar-refractivity contribution in [1.29, 1.82) is 0 Å². The Morgan fingerprint density at radius 2 is 1.75 bits per heavy atom. The number of nitrogens with one attached hydrogen (secondary N) is 1. The van der Waals surface area contributed by atoms with Crippen LogP contribution in [0.3, 0.4) is 0 Å². The van der Waals surface area contributed by atoms with Crippen LogP contribution >= 0.6 is 34.9 Å². The van der Waals surface area contributed by atoms with Crippen molar-refractivity contribution in [2.75, 3.05) is 31.1 Å². The van der Waals surface area contributed by atoms with Gasteiger partial charge >= 0.3 is 0 Å². The highest BCUT2D eigenvalue weighted by molar-refractivity contribution is 8.03. The molecule has 24 heavy (non-hydrogen) atoms. The Bertz CT molecular complexity index is 553. The molecule has 132 valence electrons. The number of nitrogens with zero attached hydrogens (tertiary/aromatic N) is 3. The van der Waals surface area contributed by atoms with E-state index in [4.69, 9.17) is 0 Å². The first-order chi connectivity index (χ1) is 11.6. The molecule has 0 saturated carbocycles. The topological polar surface area (TPSA) is 75.2 Å². The Morgan fingerprint density at radius 1 is 1.17 bits per heavy atom. The standard InChI is InChI=1S/C15H22N4O2S3/c1-4-7-16-12(20)10-22-14-17-18-15(24-14)23-11-13(21)19(8-5-2)9-6-3/h5-6H,2-4,7-11H2,1H3,(H,16,20). The Kier molecular flexibility index (Phi) is 10.4. The molecule has 1 heterocycles. The molecule has 1 N–H and O–H groups in total. The highest BCUT2D eigenvalue weighted by atomic mass is 32.2. The second-order valence-corrected chi connectivity index (χ2v) is 8.06. The number of aromatic nitrogens is 2. The summed E-state index contributed by atoms with van der Waals surface area (Å²) in [5, 5.41) is 10.9. The number of thioether (sulfide) groups is 2. The van der Waals surface area contributed by atoms with E-state index >= 15 is 0 Å². The summed E-state index contributed by atoms with van der Waals surface area (Å²) in [4.78, 5) is 25.3. The minimum atomic E-state index is -0.00840. The van der Waals surface area contributed by atoms with E-state index in [0.717, 1.165) is 15.1 Å². The van der Waals surface area contributed by atoms with Crippen LogP contribution < -0.4 is 5.32 Å². The average molecular weight is 387 g/mol. The van der Waals surface area contributed by atoms with E-state index in [0.29, 0.717) is 25.4 Å². The largest absolute Gasteiger partial charge is 0.355 e. The van der Waals surface area contributed by atoms with E-state index in [2.05, 4.69) is 28.7 Å². The predicted octanol–water partition coefficient (Wildman–Crippen LogP) is 2.45. The van der Waals surface area contributed by atoms with Crippen LogP contribution in [0.4, 0.5) is 0 Å². The van der Waals surface area contributed by atoms with Crippen LogP contribution in [0.5, 0.6) is 0 Å². The quantitative estimate of drug-likeness (QED) is 0.439. The van der Waals surface area contributed by atoms with Gasteiger partial charge in [0.05, 0.1) is 11.5 Å². The molecule has 6 nitrogen and oxygen atoms in total. The molecule has 0 radical (unpaired) electrons. The van der Waals surface area contributed by atoms with E-state index in [-0.39, 0.29) is 17.6 Å². The molecule has 0 fully saturated rings. The number of rotatable bonds is 12.